The van der Waals surface area contributed by atoms with Gasteiger partial charge in [0.2, 0.25) is 0 Å². The fraction of sp³-hybridized carbons (Fsp3) is 1.00. The third-order valence-electron chi connectivity index (χ3n) is 4.25. The molecule has 0 radical (unpaired) electrons. The maximum atomic E-state index is 10.6. The van der Waals surface area contributed by atoms with Gasteiger partial charge in [-0.2, -0.15) is 0 Å². The molecule has 1 fully saturated rings. The van der Waals surface area contributed by atoms with Crippen LogP contribution in [-0.4, -0.2) is 37.6 Å². The van der Waals surface area contributed by atoms with Gasteiger partial charge in [0, 0.05) is 20.8 Å². The molecule has 1 rings (SSSR count). The Hall–Kier alpha value is -0.120. The Bertz CT molecular complexity index is 220. The Labute approximate surface area is 105 Å². The summed E-state index contributed by atoms with van der Waals surface area (Å²) in [7, 11) is 3.44. The number of rotatable bonds is 6. The molecule has 0 spiro atoms. The molecule has 1 aliphatic carbocycles. The Morgan fingerprint density at radius 3 is 2.65 bits per heavy atom. The first kappa shape index (κ1) is 14.9. The van der Waals surface area contributed by atoms with Crippen molar-refractivity contribution in [2.24, 2.45) is 11.8 Å². The van der Waals surface area contributed by atoms with Gasteiger partial charge in [0.05, 0.1) is 11.7 Å². The minimum absolute atomic E-state index is 0.222. The van der Waals surface area contributed by atoms with Crippen LogP contribution in [0.15, 0.2) is 0 Å². The van der Waals surface area contributed by atoms with E-state index in [0.717, 1.165) is 25.7 Å². The van der Waals surface area contributed by atoms with Crippen molar-refractivity contribution in [1.82, 2.24) is 0 Å². The van der Waals surface area contributed by atoms with Crippen molar-refractivity contribution in [2.75, 3.05) is 20.8 Å². The van der Waals surface area contributed by atoms with Crippen molar-refractivity contribution < 1.29 is 14.6 Å². The van der Waals surface area contributed by atoms with E-state index in [2.05, 4.69) is 13.8 Å². The fourth-order valence-electron chi connectivity index (χ4n) is 3.10. The average molecular weight is 244 g/mol. The molecule has 4 unspecified atom stereocenters. The van der Waals surface area contributed by atoms with Crippen molar-refractivity contribution in [1.29, 1.82) is 0 Å². The lowest BCUT2D eigenvalue weighted by atomic mass is 9.72. The summed E-state index contributed by atoms with van der Waals surface area (Å²) in [6.45, 7) is 5.04. The van der Waals surface area contributed by atoms with E-state index in [1.165, 1.54) is 6.42 Å². The van der Waals surface area contributed by atoms with Crippen LogP contribution in [0.2, 0.25) is 0 Å². The summed E-state index contributed by atoms with van der Waals surface area (Å²) < 4.78 is 10.8. The Kier molecular flexibility index (Phi) is 5.90. The monoisotopic (exact) mass is 244 g/mol. The summed E-state index contributed by atoms with van der Waals surface area (Å²) in [6, 6.07) is 0. The normalized spacial score (nSPS) is 33.4. The van der Waals surface area contributed by atoms with Crippen LogP contribution in [0.5, 0.6) is 0 Å². The maximum absolute atomic E-state index is 10.6. The summed E-state index contributed by atoms with van der Waals surface area (Å²) in [5, 5.41) is 10.6. The van der Waals surface area contributed by atoms with Gasteiger partial charge >= 0.3 is 0 Å². The van der Waals surface area contributed by atoms with Gasteiger partial charge in [-0.1, -0.05) is 26.7 Å². The molecule has 0 aromatic carbocycles. The van der Waals surface area contributed by atoms with Gasteiger partial charge in [-0.15, -0.1) is 0 Å². The SMILES string of the molecule is COCCC(C)C(O)C1(OC)CCCC(C)C1. The van der Waals surface area contributed by atoms with Gasteiger partial charge in [0.25, 0.3) is 0 Å². The quantitative estimate of drug-likeness (QED) is 0.780. The van der Waals surface area contributed by atoms with Gasteiger partial charge < -0.3 is 14.6 Å². The number of aliphatic hydroxyl groups is 1. The van der Waals surface area contributed by atoms with E-state index in [1.807, 2.05) is 0 Å². The Morgan fingerprint density at radius 1 is 1.41 bits per heavy atom. The van der Waals surface area contributed by atoms with E-state index in [0.29, 0.717) is 12.5 Å². The summed E-state index contributed by atoms with van der Waals surface area (Å²) in [6.07, 6.45) is 4.86. The standard InChI is InChI=1S/C14H28O3/c1-11-6-5-8-14(10-11,17-4)13(15)12(2)7-9-16-3/h11-13,15H,5-10H2,1-4H3. The van der Waals surface area contributed by atoms with Crippen LogP contribution in [-0.2, 0) is 9.47 Å². The number of ether oxygens (including phenoxy) is 2. The Balaban J connectivity index is 2.64. The molecular formula is C14H28O3. The molecule has 0 bridgehead atoms. The van der Waals surface area contributed by atoms with Crippen LogP contribution in [0.1, 0.15) is 46.0 Å². The van der Waals surface area contributed by atoms with E-state index in [4.69, 9.17) is 9.47 Å². The molecule has 1 aliphatic rings. The second-order valence-electron chi connectivity index (χ2n) is 5.67. The van der Waals surface area contributed by atoms with E-state index < -0.39 is 0 Å². The van der Waals surface area contributed by atoms with Crippen LogP contribution in [0, 0.1) is 11.8 Å². The summed E-state index contributed by atoms with van der Waals surface area (Å²) >= 11 is 0. The van der Waals surface area contributed by atoms with Crippen molar-refractivity contribution in [3.05, 3.63) is 0 Å². The van der Waals surface area contributed by atoms with Gasteiger partial charge in [0.1, 0.15) is 0 Å². The van der Waals surface area contributed by atoms with Crippen molar-refractivity contribution in [2.45, 2.75) is 57.7 Å². The molecule has 0 aromatic heterocycles. The minimum Gasteiger partial charge on any atom is -0.390 e. The predicted octanol–water partition coefficient (Wildman–Crippen LogP) is 2.62. The summed E-state index contributed by atoms with van der Waals surface area (Å²) in [5.74, 6) is 0.869. The number of aliphatic hydroxyl groups excluding tert-OH is 1. The van der Waals surface area contributed by atoms with Crippen molar-refractivity contribution in [3.63, 3.8) is 0 Å². The smallest absolute Gasteiger partial charge is 0.0941 e. The predicted molar refractivity (Wildman–Crippen MR) is 69.0 cm³/mol. The third-order valence-corrected chi connectivity index (χ3v) is 4.25. The molecule has 17 heavy (non-hydrogen) atoms. The first-order valence-electron chi connectivity index (χ1n) is 6.78. The van der Waals surface area contributed by atoms with Crippen LogP contribution in [0.3, 0.4) is 0 Å². The number of hydrogen-bond donors (Lipinski definition) is 1. The summed E-state index contributed by atoms with van der Waals surface area (Å²) in [4.78, 5) is 0. The van der Waals surface area contributed by atoms with Crippen LogP contribution in [0.4, 0.5) is 0 Å². The summed E-state index contributed by atoms with van der Waals surface area (Å²) in [5.41, 5.74) is -0.329. The molecule has 0 amide bonds. The molecule has 102 valence electrons. The topological polar surface area (TPSA) is 38.7 Å². The van der Waals surface area contributed by atoms with Crippen molar-refractivity contribution in [3.8, 4) is 0 Å². The van der Waals surface area contributed by atoms with Crippen LogP contribution >= 0.6 is 0 Å². The second-order valence-corrected chi connectivity index (χ2v) is 5.67. The van der Waals surface area contributed by atoms with Gasteiger partial charge in [-0.05, 0) is 31.1 Å². The number of methoxy groups -OCH3 is 2. The highest BCUT2D eigenvalue weighted by molar-refractivity contribution is 4.94. The second kappa shape index (κ2) is 6.72. The lowest BCUT2D eigenvalue weighted by molar-refractivity contribution is -0.149. The van der Waals surface area contributed by atoms with E-state index in [9.17, 15) is 5.11 Å². The molecule has 1 saturated carbocycles. The largest absolute Gasteiger partial charge is 0.390 e. The lowest BCUT2D eigenvalue weighted by Crippen LogP contribution is -2.50. The number of hydrogen-bond acceptors (Lipinski definition) is 3. The average Bonchev–Trinajstić information content (AvgIpc) is 2.34. The first-order chi connectivity index (χ1) is 8.05. The third kappa shape index (κ3) is 3.67. The van der Waals surface area contributed by atoms with E-state index in [1.54, 1.807) is 14.2 Å². The van der Waals surface area contributed by atoms with Gasteiger partial charge in [-0.25, -0.2) is 0 Å². The van der Waals surface area contributed by atoms with E-state index in [-0.39, 0.29) is 17.6 Å². The minimum atomic E-state index is -0.384. The zero-order valence-corrected chi connectivity index (χ0v) is 11.7. The molecule has 0 aromatic rings. The molecular weight excluding hydrogens is 216 g/mol. The van der Waals surface area contributed by atoms with Crippen LogP contribution < -0.4 is 0 Å². The van der Waals surface area contributed by atoms with Gasteiger partial charge in [0.15, 0.2) is 0 Å². The highest BCUT2D eigenvalue weighted by Gasteiger charge is 2.43. The maximum Gasteiger partial charge on any atom is 0.0941 e. The first-order valence-corrected chi connectivity index (χ1v) is 6.78. The molecule has 0 aliphatic heterocycles. The van der Waals surface area contributed by atoms with Crippen LogP contribution in [0.25, 0.3) is 0 Å². The highest BCUT2D eigenvalue weighted by Crippen LogP contribution is 2.39. The van der Waals surface area contributed by atoms with E-state index >= 15 is 0 Å². The fourth-order valence-corrected chi connectivity index (χ4v) is 3.10. The zero-order chi connectivity index (χ0) is 12.9. The highest BCUT2D eigenvalue weighted by atomic mass is 16.5. The molecule has 4 atom stereocenters. The molecule has 0 heterocycles. The molecule has 0 saturated heterocycles. The molecule has 3 nitrogen and oxygen atoms in total. The molecule has 1 N–H and O–H groups in total. The van der Waals surface area contributed by atoms with Gasteiger partial charge in [-0.3, -0.25) is 0 Å². The van der Waals surface area contributed by atoms with Crippen molar-refractivity contribution >= 4 is 0 Å². The Morgan fingerprint density at radius 2 is 2.12 bits per heavy atom. The zero-order valence-electron chi connectivity index (χ0n) is 11.7. The molecule has 3 heteroatoms. The lowest BCUT2D eigenvalue weighted by Gasteiger charge is -2.44.